The van der Waals surface area contributed by atoms with E-state index in [0.29, 0.717) is 0 Å². The number of anilines is 2. The smallest absolute Gasteiger partial charge is 0.416 e. The SMILES string of the molecule is CC(C)(C)OC(=O)N1CCOc2c(Oc3ccc(N)cc3F)ncnc21. The predicted octanol–water partition coefficient (Wildman–Crippen LogP) is 3.12. The molecule has 1 amide bonds. The maximum Gasteiger partial charge on any atom is 0.416 e. The third-order valence-electron chi connectivity index (χ3n) is 3.35. The highest BCUT2D eigenvalue weighted by atomic mass is 19.1. The Morgan fingerprint density at radius 1 is 1.35 bits per heavy atom. The largest absolute Gasteiger partial charge is 0.483 e. The molecule has 2 N–H and O–H groups in total. The maximum absolute atomic E-state index is 14.0. The van der Waals surface area contributed by atoms with Gasteiger partial charge in [-0.3, -0.25) is 4.90 Å². The van der Waals surface area contributed by atoms with E-state index >= 15 is 0 Å². The van der Waals surface area contributed by atoms with Crippen LogP contribution in [0, 0.1) is 5.82 Å². The van der Waals surface area contributed by atoms with E-state index in [1.165, 1.54) is 23.4 Å². The third-order valence-corrected chi connectivity index (χ3v) is 3.35. The first-order chi connectivity index (χ1) is 12.2. The number of rotatable bonds is 2. The van der Waals surface area contributed by atoms with Gasteiger partial charge in [-0.25, -0.2) is 14.2 Å². The van der Waals surface area contributed by atoms with Crippen molar-refractivity contribution in [2.45, 2.75) is 26.4 Å². The van der Waals surface area contributed by atoms with Gasteiger partial charge in [0.15, 0.2) is 17.4 Å². The lowest BCUT2D eigenvalue weighted by Crippen LogP contribution is -2.42. The van der Waals surface area contributed by atoms with Crippen LogP contribution < -0.4 is 20.1 Å². The molecule has 0 spiro atoms. The van der Waals surface area contributed by atoms with Crippen molar-refractivity contribution < 1.29 is 23.4 Å². The van der Waals surface area contributed by atoms with Crippen molar-refractivity contribution in [2.24, 2.45) is 0 Å². The summed E-state index contributed by atoms with van der Waals surface area (Å²) >= 11 is 0. The van der Waals surface area contributed by atoms with Crippen LogP contribution in [0.25, 0.3) is 0 Å². The average Bonchev–Trinajstić information content (AvgIpc) is 2.55. The molecule has 1 aromatic heterocycles. The fourth-order valence-corrected chi connectivity index (χ4v) is 2.28. The van der Waals surface area contributed by atoms with Crippen LogP contribution >= 0.6 is 0 Å². The molecule has 0 saturated carbocycles. The van der Waals surface area contributed by atoms with Crippen molar-refractivity contribution >= 4 is 17.6 Å². The summed E-state index contributed by atoms with van der Waals surface area (Å²) in [6, 6.07) is 4.02. The van der Waals surface area contributed by atoms with Crippen LogP contribution in [0.2, 0.25) is 0 Å². The number of benzene rings is 1. The second-order valence-electron chi connectivity index (χ2n) is 6.60. The summed E-state index contributed by atoms with van der Waals surface area (Å²) in [7, 11) is 0. The zero-order valence-corrected chi connectivity index (χ0v) is 14.7. The van der Waals surface area contributed by atoms with E-state index in [1.54, 1.807) is 20.8 Å². The van der Waals surface area contributed by atoms with Crippen LogP contribution in [0.4, 0.5) is 20.7 Å². The van der Waals surface area contributed by atoms with Gasteiger partial charge in [-0.1, -0.05) is 0 Å². The van der Waals surface area contributed by atoms with E-state index in [0.717, 1.165) is 6.07 Å². The Morgan fingerprint density at radius 3 is 2.81 bits per heavy atom. The molecule has 0 saturated heterocycles. The van der Waals surface area contributed by atoms with Gasteiger partial charge in [-0.05, 0) is 32.9 Å². The minimum absolute atomic E-state index is 0.00747. The molecule has 138 valence electrons. The minimum atomic E-state index is -0.658. The number of nitrogens with zero attached hydrogens (tertiary/aromatic N) is 3. The van der Waals surface area contributed by atoms with E-state index in [4.69, 9.17) is 19.9 Å². The second kappa shape index (κ2) is 6.66. The fourth-order valence-electron chi connectivity index (χ4n) is 2.28. The Kier molecular flexibility index (Phi) is 4.54. The fraction of sp³-hybridized carbons (Fsp3) is 0.353. The van der Waals surface area contributed by atoms with Gasteiger partial charge in [0.1, 0.15) is 18.5 Å². The average molecular weight is 362 g/mol. The molecule has 0 unspecified atom stereocenters. The summed E-state index contributed by atoms with van der Waals surface area (Å²) in [5.74, 6) is -0.380. The highest BCUT2D eigenvalue weighted by Crippen LogP contribution is 2.39. The lowest BCUT2D eigenvalue weighted by atomic mass is 10.2. The van der Waals surface area contributed by atoms with Crippen LogP contribution in [-0.2, 0) is 4.74 Å². The van der Waals surface area contributed by atoms with Crippen LogP contribution in [-0.4, -0.2) is 34.8 Å². The standard InChI is InChI=1S/C17H19FN4O4/c1-17(2,3)26-16(23)22-6-7-24-13-14(22)20-9-21-15(13)25-12-5-4-10(19)8-11(12)18/h4-5,8-9H,6-7,19H2,1-3H3. The molecule has 0 bridgehead atoms. The number of hydrogen-bond donors (Lipinski definition) is 1. The highest BCUT2D eigenvalue weighted by molar-refractivity contribution is 5.89. The van der Waals surface area contributed by atoms with Gasteiger partial charge < -0.3 is 19.9 Å². The van der Waals surface area contributed by atoms with Crippen molar-refractivity contribution in [1.82, 2.24) is 9.97 Å². The number of nitrogen functional groups attached to an aromatic ring is 1. The molecule has 1 aliphatic rings. The van der Waals surface area contributed by atoms with Crippen LogP contribution in [0.1, 0.15) is 20.8 Å². The third kappa shape index (κ3) is 3.76. The molecule has 0 radical (unpaired) electrons. The number of amides is 1. The maximum atomic E-state index is 14.0. The number of aromatic nitrogens is 2. The summed E-state index contributed by atoms with van der Waals surface area (Å²) in [4.78, 5) is 21.8. The van der Waals surface area contributed by atoms with Gasteiger partial charge in [0.25, 0.3) is 5.88 Å². The summed E-state index contributed by atoms with van der Waals surface area (Å²) < 4.78 is 30.4. The molecular formula is C17H19FN4O4. The molecule has 0 atom stereocenters. The Hall–Kier alpha value is -3.10. The summed E-state index contributed by atoms with van der Waals surface area (Å²) in [5, 5.41) is 0. The Labute approximate surface area is 149 Å². The van der Waals surface area contributed by atoms with E-state index < -0.39 is 17.5 Å². The number of halogens is 1. The highest BCUT2D eigenvalue weighted by Gasteiger charge is 2.32. The van der Waals surface area contributed by atoms with Gasteiger partial charge in [0.2, 0.25) is 5.75 Å². The topological polar surface area (TPSA) is 99.8 Å². The van der Waals surface area contributed by atoms with Crippen molar-refractivity contribution in [3.8, 4) is 17.4 Å². The summed E-state index contributed by atoms with van der Waals surface area (Å²) in [5.41, 5.74) is 5.14. The number of carbonyl (C=O) groups excluding carboxylic acids is 1. The first-order valence-corrected chi connectivity index (χ1v) is 7.96. The number of carbonyl (C=O) groups is 1. The number of ether oxygens (including phenoxy) is 3. The van der Waals surface area contributed by atoms with Crippen LogP contribution in [0.5, 0.6) is 17.4 Å². The molecule has 3 rings (SSSR count). The van der Waals surface area contributed by atoms with E-state index in [-0.39, 0.29) is 42.0 Å². The van der Waals surface area contributed by atoms with Crippen molar-refractivity contribution in [3.05, 3.63) is 30.3 Å². The normalized spacial score (nSPS) is 13.6. The summed E-state index contributed by atoms with van der Waals surface area (Å²) in [6.07, 6.45) is 0.639. The molecule has 0 fully saturated rings. The molecule has 26 heavy (non-hydrogen) atoms. The second-order valence-corrected chi connectivity index (χ2v) is 6.60. The first-order valence-electron chi connectivity index (χ1n) is 7.96. The van der Waals surface area contributed by atoms with Crippen LogP contribution in [0.15, 0.2) is 24.5 Å². The lowest BCUT2D eigenvalue weighted by molar-refractivity contribution is 0.0565. The van der Waals surface area contributed by atoms with E-state index in [1.807, 2.05) is 0 Å². The number of nitrogens with two attached hydrogens (primary N) is 1. The molecule has 0 aliphatic carbocycles. The molecule has 2 aromatic rings. The molecule has 9 heteroatoms. The van der Waals surface area contributed by atoms with Gasteiger partial charge >= 0.3 is 6.09 Å². The van der Waals surface area contributed by atoms with Gasteiger partial charge in [0, 0.05) is 11.8 Å². The van der Waals surface area contributed by atoms with E-state index in [9.17, 15) is 9.18 Å². The van der Waals surface area contributed by atoms with Crippen LogP contribution in [0.3, 0.4) is 0 Å². The Bertz CT molecular complexity index is 838. The quantitative estimate of drug-likeness (QED) is 0.819. The Morgan fingerprint density at radius 2 is 2.12 bits per heavy atom. The molecule has 2 heterocycles. The summed E-state index contributed by atoms with van der Waals surface area (Å²) in [6.45, 7) is 5.76. The number of hydrogen-bond acceptors (Lipinski definition) is 7. The van der Waals surface area contributed by atoms with Crippen molar-refractivity contribution in [2.75, 3.05) is 23.8 Å². The predicted molar refractivity (Wildman–Crippen MR) is 92.0 cm³/mol. The molecule has 1 aromatic carbocycles. The zero-order valence-electron chi connectivity index (χ0n) is 14.7. The first kappa shape index (κ1) is 17.7. The zero-order chi connectivity index (χ0) is 18.9. The lowest BCUT2D eigenvalue weighted by Gasteiger charge is -2.30. The monoisotopic (exact) mass is 362 g/mol. The van der Waals surface area contributed by atoms with Crippen molar-refractivity contribution in [3.63, 3.8) is 0 Å². The van der Waals surface area contributed by atoms with Gasteiger partial charge in [-0.15, -0.1) is 0 Å². The number of fused-ring (bicyclic) bond motifs is 1. The molecular weight excluding hydrogens is 343 g/mol. The van der Waals surface area contributed by atoms with Crippen molar-refractivity contribution in [1.29, 1.82) is 0 Å². The van der Waals surface area contributed by atoms with E-state index in [2.05, 4.69) is 9.97 Å². The molecule has 8 nitrogen and oxygen atoms in total. The minimum Gasteiger partial charge on any atom is -0.483 e. The van der Waals surface area contributed by atoms with Gasteiger partial charge in [0.05, 0.1) is 6.54 Å². The molecule has 1 aliphatic heterocycles. The Balaban J connectivity index is 1.91. The van der Waals surface area contributed by atoms with Gasteiger partial charge in [-0.2, -0.15) is 4.98 Å².